The summed E-state index contributed by atoms with van der Waals surface area (Å²) < 4.78 is 13.9. The molecule has 0 saturated carbocycles. The molecule has 2 N–H and O–H groups in total. The third kappa shape index (κ3) is 3.78. The van der Waals surface area contributed by atoms with Crippen LogP contribution < -0.4 is 5.73 Å². The fraction of sp³-hybridized carbons (Fsp3) is 0.429. The van der Waals surface area contributed by atoms with Crippen LogP contribution in [-0.2, 0) is 0 Å². The van der Waals surface area contributed by atoms with E-state index in [0.29, 0.717) is 41.2 Å². The second kappa shape index (κ2) is 6.81. The van der Waals surface area contributed by atoms with Gasteiger partial charge in [0.15, 0.2) is 0 Å². The molecule has 1 atom stereocenters. The summed E-state index contributed by atoms with van der Waals surface area (Å²) in [5.74, 6) is -0.578. The Balaban J connectivity index is 2.00. The zero-order valence-corrected chi connectivity index (χ0v) is 14.1. The highest BCUT2D eigenvalue weighted by Crippen LogP contribution is 2.18. The van der Waals surface area contributed by atoms with Gasteiger partial charge in [-0.2, -0.15) is 0 Å². The smallest absolute Gasteiger partial charge is 0.254 e. The number of amides is 1. The summed E-state index contributed by atoms with van der Waals surface area (Å²) in [6, 6.07) is 4.46. The first-order valence-corrected chi connectivity index (χ1v) is 7.88. The van der Waals surface area contributed by atoms with E-state index in [9.17, 15) is 9.18 Å². The van der Waals surface area contributed by atoms with Gasteiger partial charge in [-0.1, -0.05) is 12.2 Å². The maximum absolute atomic E-state index is 13.5. The molecule has 2 rings (SSSR count). The van der Waals surface area contributed by atoms with Gasteiger partial charge in [-0.25, -0.2) is 4.39 Å². The van der Waals surface area contributed by atoms with Gasteiger partial charge in [-0.15, -0.1) is 0 Å². The van der Waals surface area contributed by atoms with Gasteiger partial charge in [0.05, 0.1) is 15.5 Å². The normalized spacial score (nSPS) is 17.6. The SMILES string of the molecule is CC(C(N)=S)N1CCN(C(=O)c2ccc(Br)c(F)c2)CC1. The van der Waals surface area contributed by atoms with Crippen LogP contribution >= 0.6 is 28.1 Å². The van der Waals surface area contributed by atoms with E-state index in [1.165, 1.54) is 6.07 Å². The van der Waals surface area contributed by atoms with Gasteiger partial charge in [-0.3, -0.25) is 9.69 Å². The molecule has 0 spiro atoms. The predicted octanol–water partition coefficient (Wildman–Crippen LogP) is 2.02. The third-order valence-corrected chi connectivity index (χ3v) is 4.71. The van der Waals surface area contributed by atoms with Crippen molar-refractivity contribution in [2.75, 3.05) is 26.2 Å². The molecule has 0 aromatic heterocycles. The van der Waals surface area contributed by atoms with E-state index in [2.05, 4.69) is 20.8 Å². The lowest BCUT2D eigenvalue weighted by Crippen LogP contribution is -2.53. The molecule has 1 aliphatic rings. The molecular weight excluding hydrogens is 357 g/mol. The monoisotopic (exact) mass is 373 g/mol. The first-order valence-electron chi connectivity index (χ1n) is 6.68. The minimum Gasteiger partial charge on any atom is -0.392 e. The first-order chi connectivity index (χ1) is 9.90. The van der Waals surface area contributed by atoms with Crippen molar-refractivity contribution in [2.45, 2.75) is 13.0 Å². The van der Waals surface area contributed by atoms with Crippen LogP contribution in [0.5, 0.6) is 0 Å². The molecule has 1 aromatic rings. The van der Waals surface area contributed by atoms with Crippen LogP contribution in [0.4, 0.5) is 4.39 Å². The zero-order chi connectivity index (χ0) is 15.6. The molecule has 1 aromatic carbocycles. The molecule has 1 saturated heterocycles. The van der Waals surface area contributed by atoms with Gasteiger partial charge < -0.3 is 10.6 Å². The summed E-state index contributed by atoms with van der Waals surface area (Å²) >= 11 is 8.07. The number of thiocarbonyl (C=S) groups is 1. The highest BCUT2D eigenvalue weighted by Gasteiger charge is 2.25. The van der Waals surface area contributed by atoms with Crippen molar-refractivity contribution in [1.82, 2.24) is 9.80 Å². The molecule has 0 radical (unpaired) electrons. The fourth-order valence-electron chi connectivity index (χ4n) is 2.30. The molecule has 1 amide bonds. The van der Waals surface area contributed by atoms with Gasteiger partial charge in [0.25, 0.3) is 5.91 Å². The Morgan fingerprint density at radius 1 is 1.38 bits per heavy atom. The summed E-state index contributed by atoms with van der Waals surface area (Å²) in [7, 11) is 0. The molecule has 1 aliphatic heterocycles. The van der Waals surface area contributed by atoms with Crippen molar-refractivity contribution in [3.8, 4) is 0 Å². The molecule has 114 valence electrons. The van der Waals surface area contributed by atoms with Crippen LogP contribution in [0.3, 0.4) is 0 Å². The Bertz CT molecular complexity index is 561. The molecule has 1 heterocycles. The molecule has 0 bridgehead atoms. The van der Waals surface area contributed by atoms with E-state index in [-0.39, 0.29) is 11.9 Å². The number of carbonyl (C=O) groups is 1. The van der Waals surface area contributed by atoms with E-state index in [1.807, 2.05) is 6.92 Å². The van der Waals surface area contributed by atoms with Crippen LogP contribution in [0.1, 0.15) is 17.3 Å². The Morgan fingerprint density at radius 3 is 2.52 bits per heavy atom. The lowest BCUT2D eigenvalue weighted by atomic mass is 10.1. The molecule has 7 heteroatoms. The molecule has 1 unspecified atom stereocenters. The summed E-state index contributed by atoms with van der Waals surface area (Å²) in [4.78, 5) is 16.7. The van der Waals surface area contributed by atoms with E-state index < -0.39 is 5.82 Å². The highest BCUT2D eigenvalue weighted by atomic mass is 79.9. The van der Waals surface area contributed by atoms with Crippen molar-refractivity contribution >= 4 is 39.0 Å². The minimum atomic E-state index is -0.429. The van der Waals surface area contributed by atoms with Crippen LogP contribution in [0.25, 0.3) is 0 Å². The van der Waals surface area contributed by atoms with Crippen molar-refractivity contribution < 1.29 is 9.18 Å². The van der Waals surface area contributed by atoms with E-state index >= 15 is 0 Å². The Morgan fingerprint density at radius 2 is 2.00 bits per heavy atom. The number of benzene rings is 1. The van der Waals surface area contributed by atoms with Gasteiger partial charge in [0, 0.05) is 31.7 Å². The van der Waals surface area contributed by atoms with Crippen LogP contribution in [0.15, 0.2) is 22.7 Å². The van der Waals surface area contributed by atoms with E-state index in [0.717, 1.165) is 0 Å². The van der Waals surface area contributed by atoms with Crippen LogP contribution in [-0.4, -0.2) is 52.9 Å². The molecule has 4 nitrogen and oxygen atoms in total. The minimum absolute atomic E-state index is 0.0300. The maximum atomic E-state index is 13.5. The average molecular weight is 374 g/mol. The van der Waals surface area contributed by atoms with Crippen LogP contribution in [0.2, 0.25) is 0 Å². The van der Waals surface area contributed by atoms with Crippen molar-refractivity contribution in [2.24, 2.45) is 5.73 Å². The van der Waals surface area contributed by atoms with E-state index in [4.69, 9.17) is 18.0 Å². The average Bonchev–Trinajstić information content (AvgIpc) is 2.48. The number of hydrogen-bond donors (Lipinski definition) is 1. The Hall–Kier alpha value is -1.05. The molecule has 21 heavy (non-hydrogen) atoms. The number of piperazine rings is 1. The standard InChI is InChI=1S/C14H17BrFN3OS/c1-9(13(17)21)18-4-6-19(7-5-18)14(20)10-2-3-11(15)12(16)8-10/h2-3,8-9H,4-7H2,1H3,(H2,17,21). The summed E-state index contributed by atoms with van der Waals surface area (Å²) in [5, 5.41) is 0. The predicted molar refractivity (Wildman–Crippen MR) is 87.8 cm³/mol. The number of rotatable bonds is 3. The largest absolute Gasteiger partial charge is 0.392 e. The lowest BCUT2D eigenvalue weighted by molar-refractivity contribution is 0.0621. The second-order valence-corrected chi connectivity index (χ2v) is 6.36. The van der Waals surface area contributed by atoms with Crippen molar-refractivity contribution in [1.29, 1.82) is 0 Å². The second-order valence-electron chi connectivity index (χ2n) is 5.04. The maximum Gasteiger partial charge on any atom is 0.254 e. The van der Waals surface area contributed by atoms with Gasteiger partial charge in [-0.05, 0) is 41.1 Å². The highest BCUT2D eigenvalue weighted by molar-refractivity contribution is 9.10. The van der Waals surface area contributed by atoms with Crippen molar-refractivity contribution in [3.63, 3.8) is 0 Å². The van der Waals surface area contributed by atoms with Gasteiger partial charge in [0.1, 0.15) is 5.82 Å². The van der Waals surface area contributed by atoms with Crippen molar-refractivity contribution in [3.05, 3.63) is 34.1 Å². The molecule has 0 aliphatic carbocycles. The quantitative estimate of drug-likeness (QED) is 0.823. The fourth-order valence-corrected chi connectivity index (χ4v) is 2.70. The summed E-state index contributed by atoms with van der Waals surface area (Å²) in [5.41, 5.74) is 6.01. The Labute approximate surface area is 137 Å². The van der Waals surface area contributed by atoms with Gasteiger partial charge in [0.2, 0.25) is 0 Å². The first kappa shape index (κ1) is 16.3. The topological polar surface area (TPSA) is 49.6 Å². The van der Waals surface area contributed by atoms with Crippen LogP contribution in [0, 0.1) is 5.82 Å². The third-order valence-electron chi connectivity index (χ3n) is 3.73. The molecule has 1 fully saturated rings. The van der Waals surface area contributed by atoms with Gasteiger partial charge >= 0.3 is 0 Å². The summed E-state index contributed by atoms with van der Waals surface area (Å²) in [6.45, 7) is 4.56. The summed E-state index contributed by atoms with van der Waals surface area (Å²) in [6.07, 6.45) is 0. The number of carbonyl (C=O) groups excluding carboxylic acids is 1. The Kier molecular flexibility index (Phi) is 5.29. The number of nitrogens with two attached hydrogens (primary N) is 1. The van der Waals surface area contributed by atoms with E-state index in [1.54, 1.807) is 17.0 Å². The number of hydrogen-bond acceptors (Lipinski definition) is 3. The molecular formula is C14H17BrFN3OS. The lowest BCUT2D eigenvalue weighted by Gasteiger charge is -2.37. The number of nitrogens with zero attached hydrogens (tertiary/aromatic N) is 2. The zero-order valence-electron chi connectivity index (χ0n) is 11.7. The number of halogens is 2.